The van der Waals surface area contributed by atoms with Gasteiger partial charge in [-0.15, -0.1) is 11.8 Å². The molecular weight excluding hydrogens is 428 g/mol. The Morgan fingerprint density at radius 2 is 1.81 bits per heavy atom. The van der Waals surface area contributed by atoms with E-state index in [4.69, 9.17) is 11.6 Å². The van der Waals surface area contributed by atoms with Crippen molar-refractivity contribution in [3.63, 3.8) is 0 Å². The molecule has 6 heteroatoms. The van der Waals surface area contributed by atoms with Crippen LogP contribution in [0.2, 0.25) is 5.02 Å². The number of carbonyl (C=O) groups is 2. The molecule has 1 aliphatic heterocycles. The number of carbonyl (C=O) groups excluding carboxylic acids is 2. The minimum atomic E-state index is -0.0922. The van der Waals surface area contributed by atoms with Crippen LogP contribution in [0.1, 0.15) is 17.5 Å². The Balaban J connectivity index is 1.34. The molecule has 4 rings (SSSR count). The second-order valence-electron chi connectivity index (χ2n) is 7.45. The second kappa shape index (κ2) is 10.0. The number of amides is 2. The van der Waals surface area contributed by atoms with Crippen molar-refractivity contribution in [2.75, 3.05) is 22.5 Å². The van der Waals surface area contributed by atoms with Crippen LogP contribution in [0, 0.1) is 0 Å². The van der Waals surface area contributed by atoms with Gasteiger partial charge in [0.05, 0.1) is 12.2 Å². The third-order valence-electron chi connectivity index (χ3n) is 5.17. The summed E-state index contributed by atoms with van der Waals surface area (Å²) < 4.78 is 0. The van der Waals surface area contributed by atoms with Gasteiger partial charge >= 0.3 is 0 Å². The van der Waals surface area contributed by atoms with Crippen LogP contribution >= 0.6 is 23.4 Å². The van der Waals surface area contributed by atoms with Crippen molar-refractivity contribution < 1.29 is 9.59 Å². The van der Waals surface area contributed by atoms with E-state index >= 15 is 0 Å². The Hall–Kier alpha value is -2.76. The van der Waals surface area contributed by atoms with Crippen molar-refractivity contribution >= 4 is 46.6 Å². The van der Waals surface area contributed by atoms with Gasteiger partial charge in [0.25, 0.3) is 0 Å². The molecule has 1 heterocycles. The zero-order valence-electron chi connectivity index (χ0n) is 17.0. The predicted molar refractivity (Wildman–Crippen MR) is 128 cm³/mol. The van der Waals surface area contributed by atoms with Gasteiger partial charge < -0.3 is 10.2 Å². The summed E-state index contributed by atoms with van der Waals surface area (Å²) in [5.74, 6) is 0.371. The van der Waals surface area contributed by atoms with Gasteiger partial charge in [-0.05, 0) is 60.4 Å². The number of halogens is 1. The number of para-hydroxylation sites is 1. The van der Waals surface area contributed by atoms with Crippen LogP contribution in [0.3, 0.4) is 0 Å². The fourth-order valence-electron chi connectivity index (χ4n) is 3.67. The number of aryl methyl sites for hydroxylation is 1. The molecule has 0 saturated carbocycles. The van der Waals surface area contributed by atoms with Crippen molar-refractivity contribution in [1.29, 1.82) is 0 Å². The van der Waals surface area contributed by atoms with E-state index < -0.39 is 0 Å². The average molecular weight is 451 g/mol. The molecule has 4 nitrogen and oxygen atoms in total. The van der Waals surface area contributed by atoms with Gasteiger partial charge in [0, 0.05) is 27.8 Å². The predicted octanol–water partition coefficient (Wildman–Crippen LogP) is 5.59. The van der Waals surface area contributed by atoms with Crippen LogP contribution in [0.4, 0.5) is 11.4 Å². The molecule has 0 fully saturated rings. The van der Waals surface area contributed by atoms with Crippen LogP contribution < -0.4 is 10.2 Å². The number of hydrogen-bond donors (Lipinski definition) is 1. The maximum atomic E-state index is 12.8. The van der Waals surface area contributed by atoms with Crippen molar-refractivity contribution in [2.24, 2.45) is 0 Å². The van der Waals surface area contributed by atoms with E-state index in [-0.39, 0.29) is 18.2 Å². The molecule has 0 aliphatic carbocycles. The SMILES string of the molecule is O=C(Cc1ccc(Cl)cc1)Nc1cccc(SCC(=O)N2CCCc3ccccc32)c1. The number of nitrogens with one attached hydrogen (secondary N) is 1. The first-order valence-corrected chi connectivity index (χ1v) is 11.6. The molecule has 3 aromatic rings. The molecule has 3 aromatic carbocycles. The number of nitrogens with zero attached hydrogens (tertiary/aromatic N) is 1. The number of anilines is 2. The lowest BCUT2D eigenvalue weighted by Crippen LogP contribution is -2.36. The molecule has 158 valence electrons. The van der Waals surface area contributed by atoms with E-state index in [1.54, 1.807) is 12.1 Å². The van der Waals surface area contributed by atoms with E-state index in [1.807, 2.05) is 59.5 Å². The summed E-state index contributed by atoms with van der Waals surface area (Å²) in [4.78, 5) is 28.0. The van der Waals surface area contributed by atoms with Gasteiger partial charge in [-0.1, -0.05) is 48.0 Å². The van der Waals surface area contributed by atoms with Crippen molar-refractivity contribution in [3.8, 4) is 0 Å². The van der Waals surface area contributed by atoms with E-state index in [0.29, 0.717) is 10.8 Å². The summed E-state index contributed by atoms with van der Waals surface area (Å²) in [6, 6.07) is 23.0. The lowest BCUT2D eigenvalue weighted by atomic mass is 10.0. The van der Waals surface area contributed by atoms with Gasteiger partial charge in [0.1, 0.15) is 0 Å². The maximum absolute atomic E-state index is 12.8. The lowest BCUT2D eigenvalue weighted by molar-refractivity contribution is -0.116. The van der Waals surface area contributed by atoms with Crippen LogP contribution in [-0.2, 0) is 22.4 Å². The molecular formula is C25H23ClN2O2S. The Morgan fingerprint density at radius 3 is 2.65 bits per heavy atom. The van der Waals surface area contributed by atoms with Crippen molar-refractivity contribution in [2.45, 2.75) is 24.2 Å². The highest BCUT2D eigenvalue weighted by atomic mass is 35.5. The van der Waals surface area contributed by atoms with Gasteiger partial charge in [0.2, 0.25) is 11.8 Å². The van der Waals surface area contributed by atoms with Crippen molar-refractivity contribution in [1.82, 2.24) is 0 Å². The van der Waals surface area contributed by atoms with E-state index in [1.165, 1.54) is 17.3 Å². The number of thioether (sulfide) groups is 1. The quantitative estimate of drug-likeness (QED) is 0.498. The third-order valence-corrected chi connectivity index (χ3v) is 6.40. The summed E-state index contributed by atoms with van der Waals surface area (Å²) in [7, 11) is 0. The van der Waals surface area contributed by atoms with Gasteiger partial charge in [-0.2, -0.15) is 0 Å². The van der Waals surface area contributed by atoms with E-state index in [9.17, 15) is 9.59 Å². The Morgan fingerprint density at radius 1 is 1.00 bits per heavy atom. The molecule has 0 spiro atoms. The summed E-state index contributed by atoms with van der Waals surface area (Å²) in [6.45, 7) is 0.761. The minimum Gasteiger partial charge on any atom is -0.326 e. The standard InChI is InChI=1S/C25H23ClN2O2S/c26-20-12-10-18(11-13-20)15-24(29)27-21-7-3-8-22(16-21)31-17-25(30)28-14-4-6-19-5-1-2-9-23(19)28/h1-3,5,7-13,16H,4,6,14-15,17H2,(H,27,29). The number of hydrogen-bond acceptors (Lipinski definition) is 3. The summed E-state index contributed by atoms with van der Waals surface area (Å²) in [6.07, 6.45) is 2.29. The first-order valence-electron chi connectivity index (χ1n) is 10.2. The number of fused-ring (bicyclic) bond motifs is 1. The van der Waals surface area contributed by atoms with Crippen LogP contribution in [0.25, 0.3) is 0 Å². The van der Waals surface area contributed by atoms with Crippen LogP contribution in [0.5, 0.6) is 0 Å². The summed E-state index contributed by atoms with van der Waals surface area (Å²) in [5, 5.41) is 3.58. The molecule has 0 unspecified atom stereocenters. The van der Waals surface area contributed by atoms with Gasteiger partial charge in [0.15, 0.2) is 0 Å². The number of benzene rings is 3. The van der Waals surface area contributed by atoms with Gasteiger partial charge in [-0.25, -0.2) is 0 Å². The molecule has 0 bridgehead atoms. The third kappa shape index (κ3) is 5.69. The highest BCUT2D eigenvalue weighted by Gasteiger charge is 2.22. The smallest absolute Gasteiger partial charge is 0.237 e. The Labute approximate surface area is 191 Å². The number of rotatable bonds is 6. The topological polar surface area (TPSA) is 49.4 Å². The Bertz CT molecular complexity index is 1080. The first kappa shape index (κ1) is 21.5. The first-order chi connectivity index (χ1) is 15.1. The highest BCUT2D eigenvalue weighted by molar-refractivity contribution is 8.00. The molecule has 0 aromatic heterocycles. The molecule has 1 N–H and O–H groups in total. The molecule has 0 radical (unpaired) electrons. The average Bonchev–Trinajstić information content (AvgIpc) is 2.79. The van der Waals surface area contributed by atoms with E-state index in [0.717, 1.165) is 41.2 Å². The lowest BCUT2D eigenvalue weighted by Gasteiger charge is -2.29. The molecule has 0 saturated heterocycles. The minimum absolute atomic E-state index is 0.0922. The highest BCUT2D eigenvalue weighted by Crippen LogP contribution is 2.29. The second-order valence-corrected chi connectivity index (χ2v) is 8.93. The monoisotopic (exact) mass is 450 g/mol. The Kier molecular flexibility index (Phi) is 6.95. The summed E-state index contributed by atoms with van der Waals surface area (Å²) >= 11 is 7.38. The van der Waals surface area contributed by atoms with Crippen molar-refractivity contribution in [3.05, 3.63) is 88.9 Å². The largest absolute Gasteiger partial charge is 0.326 e. The zero-order valence-corrected chi connectivity index (χ0v) is 18.6. The molecule has 2 amide bonds. The maximum Gasteiger partial charge on any atom is 0.237 e. The van der Waals surface area contributed by atoms with Gasteiger partial charge in [-0.3, -0.25) is 9.59 Å². The molecule has 31 heavy (non-hydrogen) atoms. The van der Waals surface area contributed by atoms with E-state index in [2.05, 4.69) is 11.4 Å². The molecule has 1 aliphatic rings. The van der Waals surface area contributed by atoms with Crippen LogP contribution in [0.15, 0.2) is 77.7 Å². The van der Waals surface area contributed by atoms with Crippen LogP contribution in [-0.4, -0.2) is 24.1 Å². The summed E-state index contributed by atoms with van der Waals surface area (Å²) in [5.41, 5.74) is 3.89. The normalized spacial score (nSPS) is 12.9. The molecule has 0 atom stereocenters. The fourth-order valence-corrected chi connectivity index (χ4v) is 4.63. The zero-order chi connectivity index (χ0) is 21.6. The fraction of sp³-hybridized carbons (Fsp3) is 0.200.